The number of nitrogens with one attached hydrogen (secondary N) is 2. The first-order valence-corrected chi connectivity index (χ1v) is 10.5. The van der Waals surface area contributed by atoms with Gasteiger partial charge in [0.25, 0.3) is 5.56 Å². The lowest BCUT2D eigenvalue weighted by Gasteiger charge is -2.13. The third kappa shape index (κ3) is 7.74. The molecule has 0 aliphatic rings. The minimum absolute atomic E-state index is 0.000807. The Morgan fingerprint density at radius 2 is 1.97 bits per heavy atom. The van der Waals surface area contributed by atoms with Gasteiger partial charge < -0.3 is 25.0 Å². The van der Waals surface area contributed by atoms with Crippen molar-refractivity contribution in [1.82, 2.24) is 14.9 Å². The molecule has 1 aromatic heterocycles. The van der Waals surface area contributed by atoms with Gasteiger partial charge in [-0.15, -0.1) is 0 Å². The highest BCUT2D eigenvalue weighted by atomic mass is 35.5. The molecule has 10 heteroatoms. The summed E-state index contributed by atoms with van der Waals surface area (Å²) < 4.78 is 6.39. The molecule has 2 amide bonds. The molecule has 0 unspecified atom stereocenters. The van der Waals surface area contributed by atoms with Crippen LogP contribution in [0.1, 0.15) is 17.2 Å². The van der Waals surface area contributed by atoms with E-state index in [1.54, 1.807) is 48.5 Å². The van der Waals surface area contributed by atoms with Gasteiger partial charge in [-0.25, -0.2) is 4.79 Å². The summed E-state index contributed by atoms with van der Waals surface area (Å²) >= 11 is 5.89. The van der Waals surface area contributed by atoms with Gasteiger partial charge in [-0.3, -0.25) is 14.6 Å². The maximum atomic E-state index is 12.1. The van der Waals surface area contributed by atoms with Crippen LogP contribution in [0.2, 0.25) is 5.02 Å². The van der Waals surface area contributed by atoms with Gasteiger partial charge in [0.05, 0.1) is 25.5 Å². The molecule has 0 saturated heterocycles. The number of aliphatic hydroxyl groups is 1. The van der Waals surface area contributed by atoms with Gasteiger partial charge >= 0.3 is 6.09 Å². The Morgan fingerprint density at radius 1 is 1.18 bits per heavy atom. The zero-order valence-corrected chi connectivity index (χ0v) is 18.4. The number of nitrogens with zero attached hydrogens (tertiary/aromatic N) is 2. The van der Waals surface area contributed by atoms with E-state index in [1.165, 1.54) is 17.0 Å². The zero-order chi connectivity index (χ0) is 23.6. The van der Waals surface area contributed by atoms with Crippen molar-refractivity contribution in [3.8, 4) is 0 Å². The van der Waals surface area contributed by atoms with Crippen LogP contribution in [0, 0.1) is 0 Å². The third-order valence-corrected chi connectivity index (χ3v) is 4.88. The number of alkyl carbamates (subject to hydrolysis) is 1. The van der Waals surface area contributed by atoms with Gasteiger partial charge in [-0.2, -0.15) is 0 Å². The smallest absolute Gasteiger partial charge is 0.407 e. The average Bonchev–Trinajstić information content (AvgIpc) is 2.80. The highest BCUT2D eigenvalue weighted by Crippen LogP contribution is 2.17. The quantitative estimate of drug-likeness (QED) is 0.441. The largest absolute Gasteiger partial charge is 0.449 e. The molecule has 2 aromatic carbocycles. The number of aliphatic hydroxyl groups excluding tert-OH is 1. The molecule has 3 rings (SSSR count). The molecule has 0 aliphatic heterocycles. The molecule has 0 bridgehead atoms. The van der Waals surface area contributed by atoms with Crippen molar-refractivity contribution < 1.29 is 19.4 Å². The Hall–Kier alpha value is -3.69. The van der Waals surface area contributed by atoms with Crippen LogP contribution < -0.4 is 16.2 Å². The maximum Gasteiger partial charge on any atom is 0.407 e. The summed E-state index contributed by atoms with van der Waals surface area (Å²) in [6, 6.07) is 13.8. The number of hydrogen-bond donors (Lipinski definition) is 3. The molecule has 33 heavy (non-hydrogen) atoms. The first-order valence-electron chi connectivity index (χ1n) is 10.1. The molecule has 0 radical (unpaired) electrons. The maximum absolute atomic E-state index is 12.1. The lowest BCUT2D eigenvalue weighted by Crippen LogP contribution is -2.29. The SMILES string of the molecule is O=C(Cn1ccncc1=O)Nc1ccc(CCOC(=O)NC[C@H](O)c2cccc(Cl)c2)cc1. The molecular weight excluding hydrogens is 448 g/mol. The average molecular weight is 471 g/mol. The van der Waals surface area contributed by atoms with Crippen molar-refractivity contribution >= 4 is 29.3 Å². The number of aromatic nitrogens is 2. The van der Waals surface area contributed by atoms with Crippen LogP contribution in [0.3, 0.4) is 0 Å². The normalized spacial score (nSPS) is 11.5. The number of hydrogen-bond acceptors (Lipinski definition) is 6. The fraction of sp³-hybridized carbons (Fsp3) is 0.217. The van der Waals surface area contributed by atoms with E-state index in [0.717, 1.165) is 11.8 Å². The molecule has 3 aromatic rings. The fourth-order valence-electron chi connectivity index (χ4n) is 2.94. The second-order valence-electron chi connectivity index (χ2n) is 7.13. The molecule has 172 valence electrons. The van der Waals surface area contributed by atoms with Gasteiger partial charge in [0.1, 0.15) is 6.54 Å². The first kappa shape index (κ1) is 24.0. The van der Waals surface area contributed by atoms with E-state index in [2.05, 4.69) is 15.6 Å². The van der Waals surface area contributed by atoms with E-state index < -0.39 is 12.2 Å². The van der Waals surface area contributed by atoms with Crippen LogP contribution in [-0.2, 0) is 22.5 Å². The Labute approximate surface area is 195 Å². The van der Waals surface area contributed by atoms with Gasteiger partial charge in [-0.05, 0) is 35.4 Å². The highest BCUT2D eigenvalue weighted by Gasteiger charge is 2.11. The second kappa shape index (κ2) is 11.8. The molecule has 9 nitrogen and oxygen atoms in total. The van der Waals surface area contributed by atoms with Crippen molar-refractivity contribution in [2.24, 2.45) is 0 Å². The third-order valence-electron chi connectivity index (χ3n) is 4.65. The number of amides is 2. The summed E-state index contributed by atoms with van der Waals surface area (Å²) in [5.74, 6) is -0.337. The fourth-order valence-corrected chi connectivity index (χ4v) is 3.14. The Kier molecular flexibility index (Phi) is 8.56. The van der Waals surface area contributed by atoms with E-state index >= 15 is 0 Å². The summed E-state index contributed by atoms with van der Waals surface area (Å²) in [7, 11) is 0. The summed E-state index contributed by atoms with van der Waals surface area (Å²) in [6.07, 6.45) is 2.98. The van der Waals surface area contributed by atoms with E-state index in [0.29, 0.717) is 22.7 Å². The van der Waals surface area contributed by atoms with Gasteiger partial charge in [0.15, 0.2) is 0 Å². The first-order chi connectivity index (χ1) is 15.9. The Morgan fingerprint density at radius 3 is 2.70 bits per heavy atom. The number of carbonyl (C=O) groups is 2. The molecule has 1 atom stereocenters. The lowest BCUT2D eigenvalue weighted by atomic mass is 10.1. The summed E-state index contributed by atoms with van der Waals surface area (Å²) in [5.41, 5.74) is 1.73. The lowest BCUT2D eigenvalue weighted by molar-refractivity contribution is -0.116. The van der Waals surface area contributed by atoms with Gasteiger partial charge in [0, 0.05) is 29.5 Å². The highest BCUT2D eigenvalue weighted by molar-refractivity contribution is 6.30. The summed E-state index contributed by atoms with van der Waals surface area (Å²) in [6.45, 7) is 0.0347. The second-order valence-corrected chi connectivity index (χ2v) is 7.56. The van der Waals surface area contributed by atoms with E-state index in [9.17, 15) is 19.5 Å². The number of ether oxygens (including phenoxy) is 1. The van der Waals surface area contributed by atoms with Crippen molar-refractivity contribution in [3.63, 3.8) is 0 Å². The topological polar surface area (TPSA) is 123 Å². The molecule has 1 heterocycles. The minimum atomic E-state index is -0.892. The number of rotatable bonds is 9. The molecule has 0 fully saturated rings. The monoisotopic (exact) mass is 470 g/mol. The number of halogens is 1. The van der Waals surface area contributed by atoms with Crippen LogP contribution in [-0.4, -0.2) is 39.8 Å². The van der Waals surface area contributed by atoms with E-state index in [4.69, 9.17) is 16.3 Å². The van der Waals surface area contributed by atoms with Crippen LogP contribution in [0.25, 0.3) is 0 Å². The Bertz CT molecular complexity index is 1150. The van der Waals surface area contributed by atoms with Gasteiger partial charge in [0.2, 0.25) is 5.91 Å². The van der Waals surface area contributed by atoms with E-state index in [1.807, 2.05) is 0 Å². The molecule has 3 N–H and O–H groups in total. The van der Waals surface area contributed by atoms with Crippen LogP contribution in [0.15, 0.2) is 71.9 Å². The van der Waals surface area contributed by atoms with Crippen molar-refractivity contribution in [3.05, 3.63) is 93.6 Å². The van der Waals surface area contributed by atoms with Crippen molar-refractivity contribution in [2.45, 2.75) is 19.1 Å². The Balaban J connectivity index is 1.37. The standard InChI is InChI=1S/C23H23ClN4O5/c24-18-3-1-2-17(12-18)20(29)13-26-23(32)33-11-8-16-4-6-19(7-5-16)27-21(30)15-28-10-9-25-14-22(28)31/h1-7,9-10,12,14,20,29H,8,11,13,15H2,(H,26,32)(H,27,30)/t20-/m0/s1. The van der Waals surface area contributed by atoms with Crippen molar-refractivity contribution in [1.29, 1.82) is 0 Å². The predicted molar refractivity (Wildman–Crippen MR) is 123 cm³/mol. The molecule has 0 aliphatic carbocycles. The molecular formula is C23H23ClN4O5. The molecule has 0 saturated carbocycles. The number of anilines is 1. The van der Waals surface area contributed by atoms with Crippen molar-refractivity contribution in [2.75, 3.05) is 18.5 Å². The van der Waals surface area contributed by atoms with Crippen LogP contribution in [0.4, 0.5) is 10.5 Å². The summed E-state index contributed by atoms with van der Waals surface area (Å²) in [5, 5.41) is 15.8. The minimum Gasteiger partial charge on any atom is -0.449 e. The van der Waals surface area contributed by atoms with Crippen LogP contribution in [0.5, 0.6) is 0 Å². The van der Waals surface area contributed by atoms with Crippen LogP contribution >= 0.6 is 11.6 Å². The number of benzene rings is 2. The number of carbonyl (C=O) groups excluding carboxylic acids is 2. The molecule has 0 spiro atoms. The van der Waals surface area contributed by atoms with E-state index in [-0.39, 0.29) is 31.2 Å². The zero-order valence-electron chi connectivity index (χ0n) is 17.6. The van der Waals surface area contributed by atoms with Gasteiger partial charge in [-0.1, -0.05) is 35.9 Å². The summed E-state index contributed by atoms with van der Waals surface area (Å²) in [4.78, 5) is 39.3. The predicted octanol–water partition coefficient (Wildman–Crippen LogP) is 2.54.